The summed E-state index contributed by atoms with van der Waals surface area (Å²) in [6.07, 6.45) is -4.42. The molecular weight excluding hydrogens is 417 g/mol. The van der Waals surface area contributed by atoms with Crippen molar-refractivity contribution in [1.29, 1.82) is 0 Å². The molecule has 0 amide bonds. The highest BCUT2D eigenvalue weighted by Crippen LogP contribution is 2.44. The summed E-state index contributed by atoms with van der Waals surface area (Å²) >= 11 is 0. The van der Waals surface area contributed by atoms with E-state index in [1.54, 1.807) is 6.92 Å². The first-order valence-electron chi connectivity index (χ1n) is 10.5. The van der Waals surface area contributed by atoms with Gasteiger partial charge in [0.25, 0.3) is 5.92 Å². The number of nitrogens with two attached hydrogens (primary N) is 1. The van der Waals surface area contributed by atoms with Gasteiger partial charge in [-0.3, -0.25) is 0 Å². The van der Waals surface area contributed by atoms with Crippen molar-refractivity contribution >= 4 is 10.8 Å². The lowest BCUT2D eigenvalue weighted by Gasteiger charge is -2.33. The van der Waals surface area contributed by atoms with Crippen LogP contribution in [-0.4, -0.2) is 23.7 Å². The highest BCUT2D eigenvalue weighted by Gasteiger charge is 2.41. The van der Waals surface area contributed by atoms with Crippen molar-refractivity contribution in [2.45, 2.75) is 69.7 Å². The number of aliphatic hydroxyl groups is 1. The number of hydrogen-bond acceptors (Lipinski definition) is 3. The van der Waals surface area contributed by atoms with E-state index >= 15 is 0 Å². The summed E-state index contributed by atoms with van der Waals surface area (Å²) in [4.78, 5) is 0. The second kappa shape index (κ2) is 8.54. The van der Waals surface area contributed by atoms with Gasteiger partial charge in [0.2, 0.25) is 0 Å². The molecule has 1 aliphatic carbocycles. The second-order valence-corrected chi connectivity index (χ2v) is 8.65. The van der Waals surface area contributed by atoms with E-state index in [0.29, 0.717) is 10.9 Å². The van der Waals surface area contributed by atoms with Crippen molar-refractivity contribution in [1.82, 2.24) is 0 Å². The fourth-order valence-electron chi connectivity index (χ4n) is 4.22. The van der Waals surface area contributed by atoms with Crippen LogP contribution in [0.25, 0.3) is 10.8 Å². The minimum atomic E-state index is -4.66. The molecule has 0 unspecified atom stereocenters. The normalized spacial score (nSPS) is 22.4. The number of alkyl halides is 5. The molecule has 1 atom stereocenters. The molecular formula is C23H28F5NO2. The molecule has 172 valence electrons. The summed E-state index contributed by atoms with van der Waals surface area (Å²) in [7, 11) is 0. The fraction of sp³-hybridized carbons (Fsp3) is 0.565. The van der Waals surface area contributed by atoms with Crippen LogP contribution in [-0.2, 0) is 11.7 Å². The average molecular weight is 445 g/mol. The van der Waals surface area contributed by atoms with Crippen LogP contribution >= 0.6 is 0 Å². The van der Waals surface area contributed by atoms with Gasteiger partial charge in [-0.15, -0.1) is 0 Å². The molecule has 0 bridgehead atoms. The standard InChI is InChI=1S/C23H28F5NO2/c1-3-22(24,25)15-5-8-17(9-6-15)31-19-11-4-14-12-16(21(2,29)13-30)7-10-18(14)20(19)23(26,27)28/h4,7,10-12,15,17,30H,3,5-6,8-9,13,29H2,1-2H3/t15-,17-,21-/m0/s1. The van der Waals surface area contributed by atoms with Crippen LogP contribution in [0.4, 0.5) is 22.0 Å². The maximum Gasteiger partial charge on any atom is 0.420 e. The van der Waals surface area contributed by atoms with Crippen LogP contribution in [0.15, 0.2) is 30.3 Å². The van der Waals surface area contributed by atoms with E-state index in [1.807, 2.05) is 0 Å². The van der Waals surface area contributed by atoms with Crippen LogP contribution in [0, 0.1) is 5.92 Å². The Morgan fingerprint density at radius 1 is 1.03 bits per heavy atom. The predicted molar refractivity (Wildman–Crippen MR) is 109 cm³/mol. The van der Waals surface area contributed by atoms with E-state index < -0.39 is 35.2 Å². The third-order valence-electron chi connectivity index (χ3n) is 6.29. The third-order valence-corrected chi connectivity index (χ3v) is 6.29. The Morgan fingerprint density at radius 3 is 2.23 bits per heavy atom. The Labute approximate surface area is 178 Å². The van der Waals surface area contributed by atoms with Gasteiger partial charge in [0.05, 0.1) is 18.2 Å². The van der Waals surface area contributed by atoms with Gasteiger partial charge in [-0.1, -0.05) is 25.1 Å². The summed E-state index contributed by atoms with van der Waals surface area (Å²) in [6.45, 7) is 2.67. The first kappa shape index (κ1) is 23.7. The highest BCUT2D eigenvalue weighted by atomic mass is 19.4. The van der Waals surface area contributed by atoms with Gasteiger partial charge in [-0.25, -0.2) is 8.78 Å². The summed E-state index contributed by atoms with van der Waals surface area (Å²) in [5, 5.41) is 9.74. The first-order valence-corrected chi connectivity index (χ1v) is 10.5. The summed E-state index contributed by atoms with van der Waals surface area (Å²) in [5.41, 5.74) is 4.55. The van der Waals surface area contributed by atoms with E-state index in [2.05, 4.69) is 0 Å². The quantitative estimate of drug-likeness (QED) is 0.536. The number of benzene rings is 2. The van der Waals surface area contributed by atoms with E-state index in [1.165, 1.54) is 37.3 Å². The Bertz CT molecular complexity index is 918. The molecule has 3 nitrogen and oxygen atoms in total. The molecule has 1 fully saturated rings. The minimum Gasteiger partial charge on any atom is -0.490 e. The van der Waals surface area contributed by atoms with E-state index in [4.69, 9.17) is 10.5 Å². The third kappa shape index (κ3) is 4.95. The molecule has 0 heterocycles. The maximum absolute atomic E-state index is 14.0. The fourth-order valence-corrected chi connectivity index (χ4v) is 4.22. The molecule has 3 rings (SSSR count). The molecule has 8 heteroatoms. The number of hydrogen-bond donors (Lipinski definition) is 2. The highest BCUT2D eigenvalue weighted by molar-refractivity contribution is 5.89. The Kier molecular flexibility index (Phi) is 6.54. The van der Waals surface area contributed by atoms with Crippen LogP contribution in [0.2, 0.25) is 0 Å². The Balaban J connectivity index is 1.90. The van der Waals surface area contributed by atoms with Gasteiger partial charge < -0.3 is 15.6 Å². The topological polar surface area (TPSA) is 55.5 Å². The van der Waals surface area contributed by atoms with Gasteiger partial charge in [0.1, 0.15) is 11.3 Å². The van der Waals surface area contributed by atoms with Crippen molar-refractivity contribution in [2.24, 2.45) is 11.7 Å². The molecule has 31 heavy (non-hydrogen) atoms. The molecule has 0 aromatic heterocycles. The number of rotatable bonds is 6. The molecule has 0 saturated heterocycles. The predicted octanol–water partition coefficient (Wildman–Crippen LogP) is 6.01. The van der Waals surface area contributed by atoms with Crippen LogP contribution in [0.1, 0.15) is 57.1 Å². The number of fused-ring (bicyclic) bond motifs is 1. The van der Waals surface area contributed by atoms with Crippen molar-refractivity contribution in [3.05, 3.63) is 41.5 Å². The molecule has 1 saturated carbocycles. The van der Waals surface area contributed by atoms with Gasteiger partial charge in [-0.05, 0) is 61.1 Å². The Morgan fingerprint density at radius 2 is 1.68 bits per heavy atom. The molecule has 2 aromatic rings. The van der Waals surface area contributed by atoms with Crippen molar-refractivity contribution < 1.29 is 31.8 Å². The summed E-state index contributed by atoms with van der Waals surface area (Å²) in [5.74, 6) is -3.81. The van der Waals surface area contributed by atoms with Gasteiger partial charge >= 0.3 is 6.18 Å². The summed E-state index contributed by atoms with van der Waals surface area (Å²) < 4.78 is 75.4. The van der Waals surface area contributed by atoms with E-state index in [9.17, 15) is 27.1 Å². The lowest BCUT2D eigenvalue weighted by atomic mass is 9.82. The molecule has 0 aliphatic heterocycles. The van der Waals surface area contributed by atoms with E-state index in [-0.39, 0.29) is 49.8 Å². The van der Waals surface area contributed by atoms with Gasteiger partial charge in [0.15, 0.2) is 0 Å². The molecule has 0 radical (unpaired) electrons. The second-order valence-electron chi connectivity index (χ2n) is 8.65. The van der Waals surface area contributed by atoms with Crippen molar-refractivity contribution in [3.8, 4) is 5.75 Å². The zero-order chi connectivity index (χ0) is 23.0. The van der Waals surface area contributed by atoms with Crippen LogP contribution < -0.4 is 10.5 Å². The number of halogens is 5. The average Bonchev–Trinajstić information content (AvgIpc) is 2.72. The molecule has 0 spiro atoms. The van der Waals surface area contributed by atoms with Gasteiger partial charge in [-0.2, -0.15) is 13.2 Å². The largest absolute Gasteiger partial charge is 0.490 e. The lowest BCUT2D eigenvalue weighted by Crippen LogP contribution is -2.36. The Hall–Kier alpha value is -1.93. The maximum atomic E-state index is 14.0. The van der Waals surface area contributed by atoms with Crippen LogP contribution in [0.5, 0.6) is 5.75 Å². The van der Waals surface area contributed by atoms with Crippen molar-refractivity contribution in [2.75, 3.05) is 6.61 Å². The number of aliphatic hydroxyl groups excluding tert-OH is 1. The molecule has 2 aromatic carbocycles. The number of ether oxygens (including phenoxy) is 1. The zero-order valence-electron chi connectivity index (χ0n) is 17.6. The van der Waals surface area contributed by atoms with Gasteiger partial charge in [0, 0.05) is 12.3 Å². The van der Waals surface area contributed by atoms with E-state index in [0.717, 1.165) is 0 Å². The zero-order valence-corrected chi connectivity index (χ0v) is 17.6. The summed E-state index contributed by atoms with van der Waals surface area (Å²) in [6, 6.07) is 7.13. The monoisotopic (exact) mass is 445 g/mol. The smallest absolute Gasteiger partial charge is 0.420 e. The van der Waals surface area contributed by atoms with Crippen molar-refractivity contribution in [3.63, 3.8) is 0 Å². The van der Waals surface area contributed by atoms with Crippen LogP contribution in [0.3, 0.4) is 0 Å². The SMILES string of the molecule is CCC(F)(F)[C@H]1CC[C@H](Oc2ccc3cc([C@@](C)(N)CO)ccc3c2C(F)(F)F)CC1. The lowest BCUT2D eigenvalue weighted by molar-refractivity contribution is -0.138. The minimum absolute atomic E-state index is 0.0336. The molecule has 1 aliphatic rings. The first-order chi connectivity index (χ1) is 14.4. The molecule has 3 N–H and O–H groups in total.